The molecule has 1 aromatic rings. The van der Waals surface area contributed by atoms with Gasteiger partial charge in [-0.3, -0.25) is 4.98 Å². The minimum absolute atomic E-state index is 0.482. The van der Waals surface area contributed by atoms with Crippen molar-refractivity contribution in [3.8, 4) is 0 Å². The zero-order chi connectivity index (χ0) is 12.7. The van der Waals surface area contributed by atoms with E-state index in [1.54, 1.807) is 0 Å². The van der Waals surface area contributed by atoms with E-state index in [0.717, 1.165) is 25.3 Å². The Hall–Kier alpha value is -1.35. The number of nitrogens with one attached hydrogen (secondary N) is 1. The molecule has 3 heteroatoms. The zero-order valence-corrected chi connectivity index (χ0v) is 11.1. The number of hydrogen-bond acceptors (Lipinski definition) is 3. The predicted molar refractivity (Wildman–Crippen MR) is 74.3 cm³/mol. The van der Waals surface area contributed by atoms with Crippen LogP contribution >= 0.6 is 0 Å². The normalized spacial score (nSPS) is 10.6. The Morgan fingerprint density at radius 3 is 2.88 bits per heavy atom. The summed E-state index contributed by atoms with van der Waals surface area (Å²) in [7, 11) is 0. The first kappa shape index (κ1) is 13.7. The Morgan fingerprint density at radius 1 is 1.53 bits per heavy atom. The summed E-state index contributed by atoms with van der Waals surface area (Å²) < 4.78 is 0. The molecule has 17 heavy (non-hydrogen) atoms. The van der Waals surface area contributed by atoms with Gasteiger partial charge in [-0.1, -0.05) is 19.9 Å². The second-order valence-corrected chi connectivity index (χ2v) is 4.37. The van der Waals surface area contributed by atoms with Crippen molar-refractivity contribution in [3.63, 3.8) is 0 Å². The van der Waals surface area contributed by atoms with E-state index in [-0.39, 0.29) is 0 Å². The first-order valence-corrected chi connectivity index (χ1v) is 6.21. The van der Waals surface area contributed by atoms with Gasteiger partial charge in [-0.05, 0) is 19.1 Å². The lowest BCUT2D eigenvalue weighted by Gasteiger charge is -2.21. The van der Waals surface area contributed by atoms with Gasteiger partial charge >= 0.3 is 0 Å². The third-order valence-electron chi connectivity index (χ3n) is 2.59. The molecule has 0 saturated heterocycles. The number of pyridine rings is 1. The highest BCUT2D eigenvalue weighted by atomic mass is 15.1. The van der Waals surface area contributed by atoms with Gasteiger partial charge in [0.05, 0.1) is 5.69 Å². The van der Waals surface area contributed by atoms with Gasteiger partial charge in [-0.2, -0.15) is 0 Å². The Balaban J connectivity index is 2.73. The third kappa shape index (κ3) is 4.57. The maximum Gasteiger partial charge on any atom is 0.0562 e. The van der Waals surface area contributed by atoms with E-state index in [0.29, 0.717) is 6.04 Å². The largest absolute Gasteiger partial charge is 0.368 e. The molecule has 1 N–H and O–H groups in total. The van der Waals surface area contributed by atoms with E-state index in [1.807, 2.05) is 18.3 Å². The quantitative estimate of drug-likeness (QED) is 0.734. The Labute approximate surface area is 105 Å². The number of anilines is 1. The molecule has 1 aromatic heterocycles. The first-order chi connectivity index (χ1) is 8.17. The van der Waals surface area contributed by atoms with Gasteiger partial charge in [-0.15, -0.1) is 6.58 Å². The molecular formula is C14H23N3. The molecule has 0 aromatic carbocycles. The van der Waals surface area contributed by atoms with Crippen molar-refractivity contribution in [3.05, 3.63) is 36.7 Å². The van der Waals surface area contributed by atoms with Crippen LogP contribution in [0.3, 0.4) is 0 Å². The standard InChI is InChI=1S/C14H23N3/c1-5-9-17(6-2)14-7-8-15-13(10-14)11-16-12(3)4/h5,7-8,10,12,16H,1,6,9,11H2,2-4H3. The van der Waals surface area contributed by atoms with Crippen molar-refractivity contribution in [1.29, 1.82) is 0 Å². The van der Waals surface area contributed by atoms with Crippen LogP contribution in [0, 0.1) is 0 Å². The highest BCUT2D eigenvalue weighted by Crippen LogP contribution is 2.14. The second kappa shape index (κ2) is 7.07. The zero-order valence-electron chi connectivity index (χ0n) is 11.1. The van der Waals surface area contributed by atoms with Crippen LogP contribution in [0.2, 0.25) is 0 Å². The summed E-state index contributed by atoms with van der Waals surface area (Å²) in [5.41, 5.74) is 2.29. The smallest absolute Gasteiger partial charge is 0.0562 e. The number of likely N-dealkylation sites (N-methyl/N-ethyl adjacent to an activating group) is 1. The fraction of sp³-hybridized carbons (Fsp3) is 0.500. The highest BCUT2D eigenvalue weighted by molar-refractivity contribution is 5.46. The maximum absolute atomic E-state index is 4.37. The molecule has 1 heterocycles. The molecule has 0 aliphatic rings. The van der Waals surface area contributed by atoms with Gasteiger partial charge < -0.3 is 10.2 Å². The van der Waals surface area contributed by atoms with Crippen molar-refractivity contribution in [1.82, 2.24) is 10.3 Å². The number of rotatable bonds is 7. The average molecular weight is 233 g/mol. The fourth-order valence-corrected chi connectivity index (χ4v) is 1.64. The summed E-state index contributed by atoms with van der Waals surface area (Å²) in [6, 6.07) is 4.67. The molecule has 1 rings (SSSR count). The van der Waals surface area contributed by atoms with E-state index >= 15 is 0 Å². The number of nitrogens with zero attached hydrogens (tertiary/aromatic N) is 2. The maximum atomic E-state index is 4.37. The average Bonchev–Trinajstić information content (AvgIpc) is 2.34. The molecule has 0 saturated carbocycles. The Morgan fingerprint density at radius 2 is 2.29 bits per heavy atom. The van der Waals surface area contributed by atoms with Gasteiger partial charge in [0, 0.05) is 37.6 Å². The SMILES string of the molecule is C=CCN(CC)c1ccnc(CNC(C)C)c1. The van der Waals surface area contributed by atoms with Crippen molar-refractivity contribution in [2.75, 3.05) is 18.0 Å². The lowest BCUT2D eigenvalue weighted by molar-refractivity contribution is 0.581. The van der Waals surface area contributed by atoms with E-state index < -0.39 is 0 Å². The Kier molecular flexibility index (Phi) is 5.70. The molecule has 0 aliphatic heterocycles. The topological polar surface area (TPSA) is 28.2 Å². The van der Waals surface area contributed by atoms with Gasteiger partial charge in [0.2, 0.25) is 0 Å². The first-order valence-electron chi connectivity index (χ1n) is 6.21. The molecular weight excluding hydrogens is 210 g/mol. The third-order valence-corrected chi connectivity index (χ3v) is 2.59. The van der Waals surface area contributed by atoms with Crippen LogP contribution in [0.4, 0.5) is 5.69 Å². The van der Waals surface area contributed by atoms with Crippen molar-refractivity contribution in [2.24, 2.45) is 0 Å². The fourth-order valence-electron chi connectivity index (χ4n) is 1.64. The van der Waals surface area contributed by atoms with E-state index in [4.69, 9.17) is 0 Å². The molecule has 0 fully saturated rings. The van der Waals surface area contributed by atoms with Crippen molar-refractivity contribution < 1.29 is 0 Å². The summed E-state index contributed by atoms with van der Waals surface area (Å²) in [5.74, 6) is 0. The monoisotopic (exact) mass is 233 g/mol. The van der Waals surface area contributed by atoms with Crippen molar-refractivity contribution >= 4 is 5.69 Å². The minimum Gasteiger partial charge on any atom is -0.368 e. The van der Waals surface area contributed by atoms with E-state index in [1.165, 1.54) is 5.69 Å². The lowest BCUT2D eigenvalue weighted by atomic mass is 10.2. The van der Waals surface area contributed by atoms with Crippen LogP contribution in [0.25, 0.3) is 0 Å². The number of aromatic nitrogens is 1. The summed E-state index contributed by atoms with van der Waals surface area (Å²) in [6.45, 7) is 12.9. The van der Waals surface area contributed by atoms with E-state index in [9.17, 15) is 0 Å². The number of hydrogen-bond donors (Lipinski definition) is 1. The predicted octanol–water partition coefficient (Wildman–Crippen LogP) is 2.59. The second-order valence-electron chi connectivity index (χ2n) is 4.37. The van der Waals surface area contributed by atoms with Crippen LogP contribution in [0.1, 0.15) is 26.5 Å². The Bertz CT molecular complexity index is 347. The molecule has 0 bridgehead atoms. The minimum atomic E-state index is 0.482. The van der Waals surface area contributed by atoms with Gasteiger partial charge in [0.15, 0.2) is 0 Å². The lowest BCUT2D eigenvalue weighted by Crippen LogP contribution is -2.24. The van der Waals surface area contributed by atoms with E-state index in [2.05, 4.69) is 48.6 Å². The van der Waals surface area contributed by atoms with Crippen molar-refractivity contribution in [2.45, 2.75) is 33.4 Å². The van der Waals surface area contributed by atoms with Crippen LogP contribution in [0.15, 0.2) is 31.0 Å². The summed E-state index contributed by atoms with van der Waals surface area (Å²) in [5, 5.41) is 3.38. The molecule has 0 unspecified atom stereocenters. The van der Waals surface area contributed by atoms with Crippen LogP contribution in [-0.4, -0.2) is 24.1 Å². The summed E-state index contributed by atoms with van der Waals surface area (Å²) in [6.07, 6.45) is 3.80. The summed E-state index contributed by atoms with van der Waals surface area (Å²) in [4.78, 5) is 6.64. The molecule has 0 amide bonds. The van der Waals surface area contributed by atoms with Crippen LogP contribution in [-0.2, 0) is 6.54 Å². The van der Waals surface area contributed by atoms with Gasteiger partial charge in [-0.25, -0.2) is 0 Å². The molecule has 0 atom stereocenters. The molecule has 0 radical (unpaired) electrons. The van der Waals surface area contributed by atoms with Crippen LogP contribution in [0.5, 0.6) is 0 Å². The molecule has 0 aliphatic carbocycles. The van der Waals surface area contributed by atoms with Crippen LogP contribution < -0.4 is 10.2 Å². The van der Waals surface area contributed by atoms with Gasteiger partial charge in [0.25, 0.3) is 0 Å². The summed E-state index contributed by atoms with van der Waals surface area (Å²) >= 11 is 0. The molecule has 0 spiro atoms. The van der Waals surface area contributed by atoms with Gasteiger partial charge in [0.1, 0.15) is 0 Å². The molecule has 94 valence electrons. The highest BCUT2D eigenvalue weighted by Gasteiger charge is 2.04. The molecule has 3 nitrogen and oxygen atoms in total.